The van der Waals surface area contributed by atoms with E-state index in [0.29, 0.717) is 18.0 Å². The quantitative estimate of drug-likeness (QED) is 0.902. The van der Waals surface area contributed by atoms with Gasteiger partial charge in [0, 0.05) is 31.5 Å². The number of carbonyl (C=O) groups is 1. The first-order valence-electron chi connectivity index (χ1n) is 8.11. The summed E-state index contributed by atoms with van der Waals surface area (Å²) in [5, 5.41) is 2.85. The zero-order valence-electron chi connectivity index (χ0n) is 13.7. The van der Waals surface area contributed by atoms with Gasteiger partial charge in [0.1, 0.15) is 0 Å². The summed E-state index contributed by atoms with van der Waals surface area (Å²) in [7, 11) is 1.54. The summed E-state index contributed by atoms with van der Waals surface area (Å²) < 4.78 is 4.98. The summed E-state index contributed by atoms with van der Waals surface area (Å²) in [6.07, 6.45) is 6.85. The molecule has 2 aromatic heterocycles. The Bertz CT molecular complexity index is 684. The number of hydrogen-bond donors (Lipinski definition) is 1. The molecule has 0 bridgehead atoms. The average molecular weight is 327 g/mol. The van der Waals surface area contributed by atoms with E-state index in [1.54, 1.807) is 18.3 Å². The van der Waals surface area contributed by atoms with E-state index in [2.05, 4.69) is 25.2 Å². The van der Waals surface area contributed by atoms with Gasteiger partial charge in [0.05, 0.1) is 24.9 Å². The molecule has 0 radical (unpaired) electrons. The molecule has 0 aromatic carbocycles. The van der Waals surface area contributed by atoms with Gasteiger partial charge in [-0.3, -0.25) is 4.79 Å². The van der Waals surface area contributed by atoms with Gasteiger partial charge in [0.2, 0.25) is 11.8 Å². The Kier molecular flexibility index (Phi) is 5.20. The Morgan fingerprint density at radius 1 is 1.21 bits per heavy atom. The van der Waals surface area contributed by atoms with Crippen molar-refractivity contribution in [3.63, 3.8) is 0 Å². The van der Waals surface area contributed by atoms with Crippen molar-refractivity contribution < 1.29 is 9.53 Å². The van der Waals surface area contributed by atoms with E-state index < -0.39 is 0 Å². The first-order chi connectivity index (χ1) is 11.8. The number of ether oxygens (including phenoxy) is 1. The first kappa shape index (κ1) is 16.2. The molecule has 0 atom stereocenters. The molecule has 7 heteroatoms. The molecule has 1 aliphatic heterocycles. The van der Waals surface area contributed by atoms with Crippen molar-refractivity contribution >= 4 is 11.9 Å². The van der Waals surface area contributed by atoms with Gasteiger partial charge in [0.15, 0.2) is 0 Å². The summed E-state index contributed by atoms with van der Waals surface area (Å²) >= 11 is 0. The molecule has 1 N–H and O–H groups in total. The third-order valence-corrected chi connectivity index (χ3v) is 3.98. The standard InChI is InChI=1S/C17H21N5O2/c1-24-15-6-5-13(11-19-15)16(23)20-12-14-7-8-18-17(21-14)22-9-3-2-4-10-22/h5-8,11H,2-4,9-10,12H2,1H3,(H,20,23). The molecule has 7 nitrogen and oxygen atoms in total. The lowest BCUT2D eigenvalue weighted by molar-refractivity contribution is 0.0950. The highest BCUT2D eigenvalue weighted by molar-refractivity contribution is 5.93. The normalized spacial score (nSPS) is 14.3. The SMILES string of the molecule is COc1ccc(C(=O)NCc2ccnc(N3CCCCC3)n2)cn1. The van der Waals surface area contributed by atoms with Crippen molar-refractivity contribution in [2.45, 2.75) is 25.8 Å². The van der Waals surface area contributed by atoms with Crippen LogP contribution in [0.25, 0.3) is 0 Å². The molecule has 0 spiro atoms. The molecule has 3 rings (SSSR count). The van der Waals surface area contributed by atoms with Crippen LogP contribution in [-0.4, -0.2) is 41.1 Å². The number of pyridine rings is 1. The smallest absolute Gasteiger partial charge is 0.253 e. The molecule has 1 aliphatic rings. The molecule has 2 aromatic rings. The topological polar surface area (TPSA) is 80.2 Å². The minimum absolute atomic E-state index is 0.191. The summed E-state index contributed by atoms with van der Waals surface area (Å²) in [4.78, 5) is 27.3. The van der Waals surface area contributed by atoms with Crippen LogP contribution in [0, 0.1) is 0 Å². The van der Waals surface area contributed by atoms with E-state index in [1.165, 1.54) is 32.6 Å². The number of methoxy groups -OCH3 is 1. The van der Waals surface area contributed by atoms with Crippen molar-refractivity contribution in [2.24, 2.45) is 0 Å². The number of amides is 1. The van der Waals surface area contributed by atoms with Crippen LogP contribution in [0.15, 0.2) is 30.6 Å². The van der Waals surface area contributed by atoms with Crippen LogP contribution in [0.3, 0.4) is 0 Å². The van der Waals surface area contributed by atoms with Crippen LogP contribution in [0.2, 0.25) is 0 Å². The Morgan fingerprint density at radius 3 is 2.75 bits per heavy atom. The molecule has 126 valence electrons. The maximum absolute atomic E-state index is 12.2. The third-order valence-electron chi connectivity index (χ3n) is 3.98. The molecular weight excluding hydrogens is 306 g/mol. The molecular formula is C17H21N5O2. The van der Waals surface area contributed by atoms with Crippen LogP contribution >= 0.6 is 0 Å². The van der Waals surface area contributed by atoms with Crippen LogP contribution in [-0.2, 0) is 6.54 Å². The highest BCUT2D eigenvalue weighted by atomic mass is 16.5. The van der Waals surface area contributed by atoms with E-state index in [0.717, 1.165) is 24.7 Å². The lowest BCUT2D eigenvalue weighted by Crippen LogP contribution is -2.31. The lowest BCUT2D eigenvalue weighted by atomic mass is 10.1. The highest BCUT2D eigenvalue weighted by Crippen LogP contribution is 2.15. The third kappa shape index (κ3) is 3.98. The number of nitrogens with zero attached hydrogens (tertiary/aromatic N) is 4. The molecule has 1 saturated heterocycles. The van der Waals surface area contributed by atoms with Crippen molar-refractivity contribution in [1.82, 2.24) is 20.3 Å². The predicted molar refractivity (Wildman–Crippen MR) is 90.1 cm³/mol. The number of carbonyl (C=O) groups excluding carboxylic acids is 1. The number of hydrogen-bond acceptors (Lipinski definition) is 6. The van der Waals surface area contributed by atoms with Gasteiger partial charge in [0.25, 0.3) is 5.91 Å². The first-order valence-corrected chi connectivity index (χ1v) is 8.11. The summed E-state index contributed by atoms with van der Waals surface area (Å²) in [6, 6.07) is 5.16. The lowest BCUT2D eigenvalue weighted by Gasteiger charge is -2.26. The van der Waals surface area contributed by atoms with Gasteiger partial charge in [-0.25, -0.2) is 15.0 Å². The molecule has 1 fully saturated rings. The summed E-state index contributed by atoms with van der Waals surface area (Å²) in [5.74, 6) is 1.03. The van der Waals surface area contributed by atoms with Gasteiger partial charge >= 0.3 is 0 Å². The van der Waals surface area contributed by atoms with E-state index in [-0.39, 0.29) is 5.91 Å². The van der Waals surface area contributed by atoms with Gasteiger partial charge in [-0.1, -0.05) is 0 Å². The number of aromatic nitrogens is 3. The zero-order valence-corrected chi connectivity index (χ0v) is 13.7. The Hall–Kier alpha value is -2.70. The fraction of sp³-hybridized carbons (Fsp3) is 0.412. The second kappa shape index (κ2) is 7.72. The largest absolute Gasteiger partial charge is 0.481 e. The average Bonchev–Trinajstić information content (AvgIpc) is 2.67. The van der Waals surface area contributed by atoms with Crippen molar-refractivity contribution in [3.05, 3.63) is 41.9 Å². The van der Waals surface area contributed by atoms with E-state index in [9.17, 15) is 4.79 Å². The van der Waals surface area contributed by atoms with Crippen LogP contribution in [0.4, 0.5) is 5.95 Å². The van der Waals surface area contributed by atoms with Gasteiger partial charge < -0.3 is 15.0 Å². The van der Waals surface area contributed by atoms with Gasteiger partial charge in [-0.15, -0.1) is 0 Å². The van der Waals surface area contributed by atoms with Crippen molar-refractivity contribution in [2.75, 3.05) is 25.1 Å². The second-order valence-corrected chi connectivity index (χ2v) is 5.67. The van der Waals surface area contributed by atoms with Crippen molar-refractivity contribution in [1.29, 1.82) is 0 Å². The Labute approximate surface area is 141 Å². The molecule has 0 aliphatic carbocycles. The van der Waals surface area contributed by atoms with E-state index >= 15 is 0 Å². The number of anilines is 1. The van der Waals surface area contributed by atoms with Crippen molar-refractivity contribution in [3.8, 4) is 5.88 Å². The Balaban J connectivity index is 1.60. The maximum Gasteiger partial charge on any atom is 0.253 e. The highest BCUT2D eigenvalue weighted by Gasteiger charge is 2.14. The maximum atomic E-state index is 12.2. The van der Waals surface area contributed by atoms with Crippen LogP contribution < -0.4 is 15.0 Å². The number of piperidine rings is 1. The fourth-order valence-electron chi connectivity index (χ4n) is 2.64. The monoisotopic (exact) mass is 327 g/mol. The van der Waals surface area contributed by atoms with E-state index in [1.807, 2.05) is 6.07 Å². The molecule has 1 amide bonds. The van der Waals surface area contributed by atoms with Gasteiger partial charge in [-0.05, 0) is 31.4 Å². The minimum Gasteiger partial charge on any atom is -0.481 e. The second-order valence-electron chi connectivity index (χ2n) is 5.67. The van der Waals surface area contributed by atoms with Gasteiger partial charge in [-0.2, -0.15) is 0 Å². The number of rotatable bonds is 5. The summed E-state index contributed by atoms with van der Waals surface area (Å²) in [5.41, 5.74) is 1.28. The molecule has 24 heavy (non-hydrogen) atoms. The van der Waals surface area contributed by atoms with E-state index in [4.69, 9.17) is 4.74 Å². The molecule has 0 unspecified atom stereocenters. The fourth-order valence-corrected chi connectivity index (χ4v) is 2.64. The Morgan fingerprint density at radius 2 is 2.04 bits per heavy atom. The summed E-state index contributed by atoms with van der Waals surface area (Å²) in [6.45, 7) is 2.34. The predicted octanol–water partition coefficient (Wildman–Crippen LogP) is 1.80. The number of nitrogens with one attached hydrogen (secondary N) is 1. The minimum atomic E-state index is -0.191. The molecule has 3 heterocycles. The van der Waals surface area contributed by atoms with Crippen LogP contribution in [0.1, 0.15) is 35.3 Å². The molecule has 0 saturated carbocycles. The zero-order chi connectivity index (χ0) is 16.8. The van der Waals surface area contributed by atoms with Crippen LogP contribution in [0.5, 0.6) is 5.88 Å².